The highest BCUT2D eigenvalue weighted by atomic mass is 16.6. The summed E-state index contributed by atoms with van der Waals surface area (Å²) in [5.41, 5.74) is 6.26. The molecule has 0 aromatic heterocycles. The summed E-state index contributed by atoms with van der Waals surface area (Å²) in [6.07, 6.45) is 0. The zero-order chi connectivity index (χ0) is 14.3. The van der Waals surface area contributed by atoms with Gasteiger partial charge in [0.25, 0.3) is 0 Å². The monoisotopic (exact) mass is 267 g/mol. The Morgan fingerprint density at radius 3 is 2.47 bits per heavy atom. The van der Waals surface area contributed by atoms with Crippen LogP contribution < -0.4 is 10.5 Å². The topological polar surface area (TPSA) is 87.9 Å². The van der Waals surface area contributed by atoms with Crippen LogP contribution in [0.3, 0.4) is 0 Å². The molecule has 6 nitrogen and oxygen atoms in total. The van der Waals surface area contributed by atoms with Crippen LogP contribution in [0.5, 0.6) is 5.75 Å². The maximum Gasteiger partial charge on any atom is 0.344 e. The number of esters is 2. The summed E-state index contributed by atoms with van der Waals surface area (Å²) in [6, 6.07) is 4.52. The molecule has 0 aliphatic rings. The first-order valence-electron chi connectivity index (χ1n) is 5.93. The molecule has 0 spiro atoms. The lowest BCUT2D eigenvalue weighted by Crippen LogP contribution is -2.16. The maximum atomic E-state index is 11.7. The second-order valence-electron chi connectivity index (χ2n) is 3.57. The molecule has 1 aromatic rings. The van der Waals surface area contributed by atoms with Crippen molar-refractivity contribution in [2.45, 2.75) is 13.8 Å². The first-order chi connectivity index (χ1) is 9.08. The summed E-state index contributed by atoms with van der Waals surface area (Å²) in [7, 11) is 0. The standard InChI is InChI=1S/C13H17NO5/c1-3-17-12(15)8-19-11-7-9(14)5-6-10(11)13(16)18-4-2/h5-7H,3-4,8,14H2,1-2H3. The Morgan fingerprint density at radius 1 is 1.16 bits per heavy atom. The molecule has 0 saturated heterocycles. The molecule has 0 aliphatic heterocycles. The Morgan fingerprint density at radius 2 is 1.84 bits per heavy atom. The highest BCUT2D eigenvalue weighted by Crippen LogP contribution is 2.22. The molecule has 2 N–H and O–H groups in total. The highest BCUT2D eigenvalue weighted by molar-refractivity contribution is 5.93. The average molecular weight is 267 g/mol. The van der Waals surface area contributed by atoms with Crippen molar-refractivity contribution >= 4 is 17.6 Å². The summed E-state index contributed by atoms with van der Waals surface area (Å²) in [5.74, 6) is -0.840. The zero-order valence-corrected chi connectivity index (χ0v) is 11.0. The van der Waals surface area contributed by atoms with Crippen LogP contribution in [0.4, 0.5) is 5.69 Å². The van der Waals surface area contributed by atoms with E-state index in [0.717, 1.165) is 0 Å². The average Bonchev–Trinajstić information content (AvgIpc) is 2.37. The van der Waals surface area contributed by atoms with E-state index in [1.165, 1.54) is 12.1 Å². The van der Waals surface area contributed by atoms with E-state index in [1.54, 1.807) is 19.9 Å². The van der Waals surface area contributed by atoms with Crippen molar-refractivity contribution in [3.63, 3.8) is 0 Å². The number of nitrogen functional groups attached to an aromatic ring is 1. The number of rotatable bonds is 6. The number of benzene rings is 1. The Balaban J connectivity index is 2.82. The highest BCUT2D eigenvalue weighted by Gasteiger charge is 2.15. The smallest absolute Gasteiger partial charge is 0.344 e. The molecule has 0 fully saturated rings. The van der Waals surface area contributed by atoms with Gasteiger partial charge in [0.15, 0.2) is 6.61 Å². The van der Waals surface area contributed by atoms with Crippen molar-refractivity contribution < 1.29 is 23.8 Å². The minimum absolute atomic E-state index is 0.200. The quantitative estimate of drug-likeness (QED) is 0.619. The molecule has 1 rings (SSSR count). The largest absolute Gasteiger partial charge is 0.481 e. The van der Waals surface area contributed by atoms with Gasteiger partial charge in [-0.05, 0) is 26.0 Å². The molecule has 0 heterocycles. The van der Waals surface area contributed by atoms with Gasteiger partial charge in [-0.1, -0.05) is 0 Å². The summed E-state index contributed by atoms with van der Waals surface area (Å²) in [5, 5.41) is 0. The lowest BCUT2D eigenvalue weighted by atomic mass is 10.2. The van der Waals surface area contributed by atoms with E-state index in [9.17, 15) is 9.59 Å². The number of hydrogen-bond acceptors (Lipinski definition) is 6. The van der Waals surface area contributed by atoms with Crippen molar-refractivity contribution in [3.05, 3.63) is 23.8 Å². The first-order valence-corrected chi connectivity index (χ1v) is 5.93. The van der Waals surface area contributed by atoms with Crippen LogP contribution in [0.25, 0.3) is 0 Å². The van der Waals surface area contributed by atoms with Crippen LogP contribution in [-0.2, 0) is 14.3 Å². The zero-order valence-electron chi connectivity index (χ0n) is 11.0. The van der Waals surface area contributed by atoms with Crippen LogP contribution in [0.2, 0.25) is 0 Å². The molecular weight excluding hydrogens is 250 g/mol. The molecule has 19 heavy (non-hydrogen) atoms. The third-order valence-corrected chi connectivity index (χ3v) is 2.15. The van der Waals surface area contributed by atoms with Gasteiger partial charge >= 0.3 is 11.9 Å². The van der Waals surface area contributed by atoms with Crippen LogP contribution >= 0.6 is 0 Å². The SMILES string of the molecule is CCOC(=O)COc1cc(N)ccc1C(=O)OCC. The normalized spacial score (nSPS) is 9.79. The van der Waals surface area contributed by atoms with Gasteiger partial charge in [-0.15, -0.1) is 0 Å². The fraction of sp³-hybridized carbons (Fsp3) is 0.385. The van der Waals surface area contributed by atoms with Gasteiger partial charge in [0.2, 0.25) is 0 Å². The molecule has 0 radical (unpaired) electrons. The van der Waals surface area contributed by atoms with Gasteiger partial charge in [-0.25, -0.2) is 9.59 Å². The first kappa shape index (κ1) is 14.8. The van der Waals surface area contributed by atoms with E-state index in [2.05, 4.69) is 0 Å². The van der Waals surface area contributed by atoms with Gasteiger partial charge in [0.05, 0.1) is 13.2 Å². The maximum absolute atomic E-state index is 11.7. The van der Waals surface area contributed by atoms with Crippen LogP contribution in [0.1, 0.15) is 24.2 Å². The lowest BCUT2D eigenvalue weighted by molar-refractivity contribution is -0.145. The van der Waals surface area contributed by atoms with E-state index in [0.29, 0.717) is 5.69 Å². The van der Waals surface area contributed by atoms with Crippen molar-refractivity contribution in [1.82, 2.24) is 0 Å². The summed E-state index contributed by atoms with van der Waals surface area (Å²) >= 11 is 0. The third kappa shape index (κ3) is 4.50. The molecule has 0 bridgehead atoms. The van der Waals surface area contributed by atoms with Crippen LogP contribution in [0.15, 0.2) is 18.2 Å². The second kappa shape index (κ2) is 7.25. The van der Waals surface area contributed by atoms with E-state index in [4.69, 9.17) is 19.9 Å². The van der Waals surface area contributed by atoms with E-state index in [1.807, 2.05) is 0 Å². The van der Waals surface area contributed by atoms with Crippen molar-refractivity contribution in [3.8, 4) is 5.75 Å². The molecule has 6 heteroatoms. The van der Waals surface area contributed by atoms with Gasteiger partial charge in [-0.3, -0.25) is 0 Å². The predicted octanol–water partition coefficient (Wildman–Crippen LogP) is 1.39. The number of carbonyl (C=O) groups is 2. The molecule has 0 unspecified atom stereocenters. The Labute approximate surface area is 111 Å². The Hall–Kier alpha value is -2.24. The van der Waals surface area contributed by atoms with Crippen molar-refractivity contribution in [2.24, 2.45) is 0 Å². The molecular formula is C13H17NO5. The van der Waals surface area contributed by atoms with Crippen molar-refractivity contribution in [2.75, 3.05) is 25.6 Å². The molecule has 0 saturated carbocycles. The number of carbonyl (C=O) groups excluding carboxylic acids is 2. The number of nitrogens with two attached hydrogens (primary N) is 1. The molecule has 0 aliphatic carbocycles. The Bertz CT molecular complexity index is 458. The fourth-order valence-electron chi connectivity index (χ4n) is 1.38. The van der Waals surface area contributed by atoms with Gasteiger partial charge in [0.1, 0.15) is 11.3 Å². The third-order valence-electron chi connectivity index (χ3n) is 2.15. The lowest BCUT2D eigenvalue weighted by Gasteiger charge is -2.11. The number of anilines is 1. The number of hydrogen-bond donors (Lipinski definition) is 1. The van der Waals surface area contributed by atoms with Crippen molar-refractivity contribution in [1.29, 1.82) is 0 Å². The predicted molar refractivity (Wildman–Crippen MR) is 68.9 cm³/mol. The molecule has 0 atom stereocenters. The second-order valence-corrected chi connectivity index (χ2v) is 3.57. The molecule has 0 amide bonds. The van der Waals surface area contributed by atoms with E-state index < -0.39 is 11.9 Å². The minimum atomic E-state index is -0.527. The summed E-state index contributed by atoms with van der Waals surface area (Å²) < 4.78 is 14.9. The van der Waals surface area contributed by atoms with E-state index in [-0.39, 0.29) is 31.1 Å². The van der Waals surface area contributed by atoms with Gasteiger partial charge < -0.3 is 19.9 Å². The minimum Gasteiger partial charge on any atom is -0.481 e. The Kier molecular flexibility index (Phi) is 5.66. The number of ether oxygens (including phenoxy) is 3. The summed E-state index contributed by atoms with van der Waals surface area (Å²) in [4.78, 5) is 22.9. The van der Waals surface area contributed by atoms with Crippen LogP contribution in [0, 0.1) is 0 Å². The summed E-state index contributed by atoms with van der Waals surface area (Å²) in [6.45, 7) is 3.63. The molecule has 1 aromatic carbocycles. The molecule has 104 valence electrons. The van der Waals surface area contributed by atoms with Gasteiger partial charge in [-0.2, -0.15) is 0 Å². The van der Waals surface area contributed by atoms with Crippen LogP contribution in [-0.4, -0.2) is 31.8 Å². The fourth-order valence-corrected chi connectivity index (χ4v) is 1.38. The van der Waals surface area contributed by atoms with E-state index >= 15 is 0 Å². The van der Waals surface area contributed by atoms with Gasteiger partial charge in [0, 0.05) is 11.8 Å².